The number of allylic oxidation sites excluding steroid dienone is 2. The van der Waals surface area contributed by atoms with Crippen molar-refractivity contribution in [1.29, 1.82) is 0 Å². The summed E-state index contributed by atoms with van der Waals surface area (Å²) in [5.74, 6) is -0.229. The molecule has 1 saturated heterocycles. The summed E-state index contributed by atoms with van der Waals surface area (Å²) >= 11 is 0. The minimum atomic E-state index is -5.08. The lowest BCUT2D eigenvalue weighted by Gasteiger charge is -2.41. The van der Waals surface area contributed by atoms with E-state index in [1.807, 2.05) is 0 Å². The number of carbonyl (C=O) groups is 1. The van der Waals surface area contributed by atoms with Crippen LogP contribution in [-0.2, 0) is 28.9 Å². The van der Waals surface area contributed by atoms with Gasteiger partial charge in [-0.3, -0.25) is 9.35 Å². The van der Waals surface area contributed by atoms with Crippen LogP contribution in [0.1, 0.15) is 284 Å². The molecule has 0 aromatic heterocycles. The standard InChI is InChI=1S/C56H109NO11S/c1-3-5-7-9-11-13-15-17-19-21-23-25-26-27-29-31-33-35-37-39-41-43-45-50(59)49(48-66-56-54(62)55(68-69(63,64)65)53(61)51(47-58)67-56)57-52(60)46-44-42-40-38-36-34-32-30-28-24-22-20-18-16-14-12-10-8-6-4-2/h24,28,49-51,53-56,58-59,61-62H,3-23,25-27,29-48H2,1-2H3,(H,57,60)(H,63,64,65)/b28-24-. The van der Waals surface area contributed by atoms with Gasteiger partial charge in [0.25, 0.3) is 0 Å². The molecule has 69 heavy (non-hydrogen) atoms. The molecule has 0 radical (unpaired) electrons. The van der Waals surface area contributed by atoms with Gasteiger partial charge in [0.15, 0.2) is 6.29 Å². The summed E-state index contributed by atoms with van der Waals surface area (Å²) in [6.07, 6.45) is 46.4. The number of aliphatic hydroxyl groups excluding tert-OH is 4. The molecular weight excluding hydrogens is 895 g/mol. The van der Waals surface area contributed by atoms with Crippen LogP contribution >= 0.6 is 0 Å². The van der Waals surface area contributed by atoms with Gasteiger partial charge >= 0.3 is 10.4 Å². The molecule has 0 saturated carbocycles. The summed E-state index contributed by atoms with van der Waals surface area (Å²) in [4.78, 5) is 13.1. The predicted molar refractivity (Wildman–Crippen MR) is 282 cm³/mol. The van der Waals surface area contributed by atoms with Crippen LogP contribution < -0.4 is 5.32 Å². The number of hydrogen-bond donors (Lipinski definition) is 6. The van der Waals surface area contributed by atoms with Crippen LogP contribution in [0.5, 0.6) is 0 Å². The molecule has 12 nitrogen and oxygen atoms in total. The van der Waals surface area contributed by atoms with Crippen LogP contribution in [0.3, 0.4) is 0 Å². The number of amides is 1. The minimum absolute atomic E-state index is 0.229. The summed E-state index contributed by atoms with van der Waals surface area (Å²) < 4.78 is 47.9. The first-order valence-electron chi connectivity index (χ1n) is 29.1. The Morgan fingerprint density at radius 2 is 0.928 bits per heavy atom. The molecule has 1 heterocycles. The van der Waals surface area contributed by atoms with Gasteiger partial charge in [0, 0.05) is 6.42 Å². The quantitative estimate of drug-likeness (QED) is 0.0193. The lowest BCUT2D eigenvalue weighted by atomic mass is 9.99. The molecular formula is C56H109NO11S. The molecule has 1 aliphatic heterocycles. The molecule has 1 aliphatic rings. The maximum atomic E-state index is 13.1. The lowest BCUT2D eigenvalue weighted by molar-refractivity contribution is -0.298. The van der Waals surface area contributed by atoms with Gasteiger partial charge < -0.3 is 35.2 Å². The van der Waals surface area contributed by atoms with Crippen LogP contribution in [0.2, 0.25) is 0 Å². The Morgan fingerprint density at radius 3 is 1.30 bits per heavy atom. The number of nitrogens with one attached hydrogen (secondary N) is 1. The molecule has 0 aliphatic carbocycles. The van der Waals surface area contributed by atoms with E-state index in [0.717, 1.165) is 51.4 Å². The van der Waals surface area contributed by atoms with Crippen molar-refractivity contribution in [3.63, 3.8) is 0 Å². The van der Waals surface area contributed by atoms with Gasteiger partial charge in [-0.25, -0.2) is 4.18 Å². The smallest absolute Gasteiger partial charge is 0.394 e. The van der Waals surface area contributed by atoms with Crippen molar-refractivity contribution in [2.24, 2.45) is 0 Å². The highest BCUT2D eigenvalue weighted by atomic mass is 32.3. The SMILES string of the molecule is CCCCCCCCCCC/C=C\CCCCCCCCCC(=O)NC(COC1OC(CO)C(O)C(OS(=O)(=O)O)C1O)C(O)CCCCCCCCCCCCCCCCCCCCCCCC. The van der Waals surface area contributed by atoms with Crippen LogP contribution in [0.25, 0.3) is 0 Å². The highest BCUT2D eigenvalue weighted by Crippen LogP contribution is 2.26. The van der Waals surface area contributed by atoms with Gasteiger partial charge in [-0.05, 0) is 38.5 Å². The second-order valence-corrected chi connectivity index (χ2v) is 21.6. The summed E-state index contributed by atoms with van der Waals surface area (Å²) in [5, 5.41) is 45.1. The second-order valence-electron chi connectivity index (χ2n) is 20.6. The van der Waals surface area contributed by atoms with E-state index < -0.39 is 59.9 Å². The average molecular weight is 1000 g/mol. The van der Waals surface area contributed by atoms with E-state index in [4.69, 9.17) is 9.47 Å². The van der Waals surface area contributed by atoms with Crippen molar-refractivity contribution in [3.8, 4) is 0 Å². The average Bonchev–Trinajstić information content (AvgIpc) is 3.32. The van der Waals surface area contributed by atoms with Crippen molar-refractivity contribution in [2.75, 3.05) is 13.2 Å². The van der Waals surface area contributed by atoms with Crippen molar-refractivity contribution in [1.82, 2.24) is 5.32 Å². The fraction of sp³-hybridized carbons (Fsp3) is 0.946. The first-order valence-corrected chi connectivity index (χ1v) is 30.4. The third kappa shape index (κ3) is 39.0. The van der Waals surface area contributed by atoms with Crippen LogP contribution in [0, 0.1) is 0 Å². The number of hydrogen-bond acceptors (Lipinski definition) is 10. The molecule has 0 aromatic carbocycles. The first kappa shape index (κ1) is 65.9. The normalized spacial score (nSPS) is 19.7. The third-order valence-electron chi connectivity index (χ3n) is 14.1. The molecule has 13 heteroatoms. The summed E-state index contributed by atoms with van der Waals surface area (Å²) in [6.45, 7) is 3.49. The Hall–Kier alpha value is -1.16. The Balaban J connectivity index is 2.36. The molecule has 1 fully saturated rings. The fourth-order valence-electron chi connectivity index (χ4n) is 9.57. The molecule has 1 rings (SSSR count). The van der Waals surface area contributed by atoms with Crippen molar-refractivity contribution >= 4 is 16.3 Å². The Kier molecular flexibility index (Phi) is 44.5. The molecule has 0 bridgehead atoms. The second kappa shape index (κ2) is 46.6. The molecule has 7 unspecified atom stereocenters. The number of ether oxygens (including phenoxy) is 2. The van der Waals surface area contributed by atoms with Gasteiger partial charge in [0.2, 0.25) is 5.91 Å². The largest absolute Gasteiger partial charge is 0.397 e. The maximum absolute atomic E-state index is 13.1. The monoisotopic (exact) mass is 1000 g/mol. The summed E-state index contributed by atoms with van der Waals surface area (Å²) in [6, 6.07) is -0.859. The number of unbranched alkanes of at least 4 members (excludes halogenated alkanes) is 37. The van der Waals surface area contributed by atoms with Crippen molar-refractivity contribution < 1.29 is 51.8 Å². The first-order chi connectivity index (χ1) is 33.5. The van der Waals surface area contributed by atoms with Crippen molar-refractivity contribution in [2.45, 2.75) is 326 Å². The van der Waals surface area contributed by atoms with Gasteiger partial charge in [0.1, 0.15) is 24.4 Å². The van der Waals surface area contributed by atoms with Crippen molar-refractivity contribution in [3.05, 3.63) is 12.2 Å². The van der Waals surface area contributed by atoms with Crippen LogP contribution in [0.4, 0.5) is 0 Å². The molecule has 6 N–H and O–H groups in total. The zero-order valence-electron chi connectivity index (χ0n) is 44.4. The molecule has 7 atom stereocenters. The predicted octanol–water partition coefficient (Wildman–Crippen LogP) is 13.5. The van der Waals surface area contributed by atoms with Gasteiger partial charge in [-0.2, -0.15) is 8.42 Å². The highest BCUT2D eigenvalue weighted by molar-refractivity contribution is 7.80. The van der Waals surface area contributed by atoms with E-state index in [0.29, 0.717) is 12.8 Å². The molecule has 0 aromatic rings. The van der Waals surface area contributed by atoms with Gasteiger partial charge in [-0.15, -0.1) is 0 Å². The molecule has 1 amide bonds. The summed E-state index contributed by atoms with van der Waals surface area (Å²) in [5.41, 5.74) is 0. The summed E-state index contributed by atoms with van der Waals surface area (Å²) in [7, 11) is -5.08. The van der Waals surface area contributed by atoms with E-state index >= 15 is 0 Å². The van der Waals surface area contributed by atoms with E-state index in [1.54, 1.807) is 0 Å². The maximum Gasteiger partial charge on any atom is 0.397 e. The topological polar surface area (TPSA) is 192 Å². The Morgan fingerprint density at radius 1 is 0.565 bits per heavy atom. The van der Waals surface area contributed by atoms with Crippen LogP contribution in [-0.4, -0.2) is 95.4 Å². The Bertz CT molecular complexity index is 1270. The van der Waals surface area contributed by atoms with E-state index in [2.05, 4.69) is 35.5 Å². The number of rotatable bonds is 51. The highest BCUT2D eigenvalue weighted by Gasteiger charge is 2.48. The zero-order chi connectivity index (χ0) is 50.5. The van der Waals surface area contributed by atoms with Crippen LogP contribution in [0.15, 0.2) is 12.2 Å². The number of aliphatic hydroxyl groups is 4. The minimum Gasteiger partial charge on any atom is -0.394 e. The fourth-order valence-corrected chi connectivity index (χ4v) is 10.1. The zero-order valence-corrected chi connectivity index (χ0v) is 45.2. The third-order valence-corrected chi connectivity index (χ3v) is 14.5. The van der Waals surface area contributed by atoms with E-state index in [1.165, 1.54) is 199 Å². The molecule has 0 spiro atoms. The Labute approximate surface area is 423 Å². The molecule has 410 valence electrons. The van der Waals surface area contributed by atoms with E-state index in [9.17, 15) is 38.2 Å². The van der Waals surface area contributed by atoms with Gasteiger partial charge in [0.05, 0.1) is 25.4 Å². The number of carbonyl (C=O) groups excluding carboxylic acids is 1. The van der Waals surface area contributed by atoms with Gasteiger partial charge in [-0.1, -0.05) is 251 Å². The lowest BCUT2D eigenvalue weighted by Crippen LogP contribution is -2.61. The van der Waals surface area contributed by atoms with E-state index in [-0.39, 0.29) is 18.9 Å².